The molecule has 1 amide bonds. The van der Waals surface area contributed by atoms with Crippen LogP contribution in [0.4, 0.5) is 0 Å². The molecule has 6 heteroatoms. The van der Waals surface area contributed by atoms with Crippen molar-refractivity contribution in [1.82, 2.24) is 9.88 Å². The Balaban J connectivity index is 1.36. The van der Waals surface area contributed by atoms with Gasteiger partial charge in [-0.25, -0.2) is 4.79 Å². The fraction of sp³-hybridized carbons (Fsp3) is 0.222. The molecule has 5 rings (SSSR count). The van der Waals surface area contributed by atoms with Gasteiger partial charge < -0.3 is 14.6 Å². The lowest BCUT2D eigenvalue weighted by Crippen LogP contribution is -2.24. The van der Waals surface area contributed by atoms with Gasteiger partial charge >= 0.3 is 5.97 Å². The predicted molar refractivity (Wildman–Crippen MR) is 173 cm³/mol. The number of aromatic nitrogens is 1. The molecule has 42 heavy (non-hydrogen) atoms. The maximum atomic E-state index is 13.0. The first-order valence-electron chi connectivity index (χ1n) is 14.0. The standard InChI is InChI=1S/C36H35BrN2O3/c1-23-24(2)39(33-19-18-27(20-31(23)33)34(40)38-21-28-10-6-9-13-32(28)37)22-25-14-16-26(17-15-25)29-11-7-8-12-30(29)35(41)42-36(3,4)5/h6-20H,21-22H2,1-5H3,(H,38,40). The van der Waals surface area contributed by atoms with Gasteiger partial charge in [0, 0.05) is 39.7 Å². The van der Waals surface area contributed by atoms with Crippen LogP contribution in [0.3, 0.4) is 0 Å². The number of ether oxygens (including phenoxy) is 1. The van der Waals surface area contributed by atoms with Gasteiger partial charge in [-0.1, -0.05) is 76.6 Å². The SMILES string of the molecule is Cc1c(C)n(Cc2ccc(-c3ccccc3C(=O)OC(C)(C)C)cc2)c2ccc(C(=O)NCc3ccccc3Br)cc12. The van der Waals surface area contributed by atoms with Crippen LogP contribution in [0.25, 0.3) is 22.0 Å². The van der Waals surface area contributed by atoms with Gasteiger partial charge in [-0.2, -0.15) is 0 Å². The van der Waals surface area contributed by atoms with Crippen LogP contribution in [0.1, 0.15) is 63.9 Å². The zero-order valence-corrected chi connectivity index (χ0v) is 26.2. The quantitative estimate of drug-likeness (QED) is 0.185. The summed E-state index contributed by atoms with van der Waals surface area (Å²) in [6.07, 6.45) is 0. The molecule has 0 radical (unpaired) electrons. The first-order valence-corrected chi connectivity index (χ1v) is 14.8. The van der Waals surface area contributed by atoms with E-state index in [1.807, 2.05) is 87.5 Å². The fourth-order valence-corrected chi connectivity index (χ4v) is 5.56. The van der Waals surface area contributed by atoms with E-state index in [1.54, 1.807) is 0 Å². The minimum atomic E-state index is -0.562. The van der Waals surface area contributed by atoms with Crippen molar-refractivity contribution < 1.29 is 14.3 Å². The van der Waals surface area contributed by atoms with Crippen LogP contribution in [-0.2, 0) is 17.8 Å². The van der Waals surface area contributed by atoms with Crippen LogP contribution in [0.2, 0.25) is 0 Å². The summed E-state index contributed by atoms with van der Waals surface area (Å²) in [5.41, 5.74) is 8.03. The third-order valence-electron chi connectivity index (χ3n) is 7.45. The first-order chi connectivity index (χ1) is 20.0. The highest BCUT2D eigenvalue weighted by molar-refractivity contribution is 9.10. The Morgan fingerprint density at radius 3 is 2.29 bits per heavy atom. The Bertz CT molecular complexity index is 1780. The third-order valence-corrected chi connectivity index (χ3v) is 8.22. The Morgan fingerprint density at radius 1 is 0.881 bits per heavy atom. The molecule has 0 aliphatic heterocycles. The Hall–Kier alpha value is -4.16. The molecule has 0 aliphatic rings. The summed E-state index contributed by atoms with van der Waals surface area (Å²) < 4.78 is 8.90. The van der Waals surface area contributed by atoms with Crippen LogP contribution in [-0.4, -0.2) is 22.0 Å². The zero-order valence-electron chi connectivity index (χ0n) is 24.6. The average Bonchev–Trinajstić information content (AvgIpc) is 3.20. The maximum Gasteiger partial charge on any atom is 0.339 e. The number of halogens is 1. The van der Waals surface area contributed by atoms with Crippen molar-refractivity contribution in [1.29, 1.82) is 0 Å². The van der Waals surface area contributed by atoms with E-state index in [2.05, 4.69) is 63.9 Å². The van der Waals surface area contributed by atoms with E-state index in [9.17, 15) is 9.59 Å². The van der Waals surface area contributed by atoms with Gasteiger partial charge in [0.2, 0.25) is 0 Å². The number of nitrogens with one attached hydrogen (secondary N) is 1. The van der Waals surface area contributed by atoms with Gasteiger partial charge in [-0.05, 0) is 92.8 Å². The fourth-order valence-electron chi connectivity index (χ4n) is 5.13. The molecule has 0 spiro atoms. The van der Waals surface area contributed by atoms with Crippen LogP contribution in [0.15, 0.2) is 95.5 Å². The molecule has 0 unspecified atom stereocenters. The second kappa shape index (κ2) is 12.0. The number of fused-ring (bicyclic) bond motifs is 1. The largest absolute Gasteiger partial charge is 0.456 e. The van der Waals surface area contributed by atoms with E-state index in [0.29, 0.717) is 24.2 Å². The number of esters is 1. The number of rotatable bonds is 7. The number of nitrogens with zero attached hydrogens (tertiary/aromatic N) is 1. The third kappa shape index (κ3) is 6.34. The van der Waals surface area contributed by atoms with Crippen LogP contribution in [0.5, 0.6) is 0 Å². The monoisotopic (exact) mass is 622 g/mol. The average molecular weight is 624 g/mol. The van der Waals surface area contributed by atoms with Gasteiger partial charge in [-0.3, -0.25) is 4.79 Å². The summed E-state index contributed by atoms with van der Waals surface area (Å²) in [7, 11) is 0. The Labute approximate surface area is 255 Å². The number of benzene rings is 4. The molecule has 0 aliphatic carbocycles. The smallest absolute Gasteiger partial charge is 0.339 e. The number of amides is 1. The minimum absolute atomic E-state index is 0.0975. The van der Waals surface area contributed by atoms with Crippen molar-refractivity contribution >= 4 is 38.7 Å². The molecule has 5 nitrogen and oxygen atoms in total. The number of hydrogen-bond acceptors (Lipinski definition) is 3. The zero-order chi connectivity index (χ0) is 30.0. The van der Waals surface area contributed by atoms with Crippen molar-refractivity contribution in [2.75, 3.05) is 0 Å². The summed E-state index contributed by atoms with van der Waals surface area (Å²) in [5, 5.41) is 4.11. The van der Waals surface area contributed by atoms with Crippen LogP contribution >= 0.6 is 15.9 Å². The van der Waals surface area contributed by atoms with Gasteiger partial charge in [0.1, 0.15) is 5.60 Å². The predicted octanol–water partition coefficient (Wildman–Crippen LogP) is 8.62. The second-order valence-corrected chi connectivity index (χ2v) is 12.4. The molecule has 1 N–H and O–H groups in total. The van der Waals surface area contributed by atoms with E-state index in [1.165, 1.54) is 0 Å². The second-order valence-electron chi connectivity index (χ2n) is 11.5. The van der Waals surface area contributed by atoms with E-state index >= 15 is 0 Å². The molecule has 1 aromatic heterocycles. The highest BCUT2D eigenvalue weighted by Crippen LogP contribution is 2.29. The Morgan fingerprint density at radius 2 is 1.57 bits per heavy atom. The molecule has 0 fully saturated rings. The van der Waals surface area contributed by atoms with E-state index < -0.39 is 5.60 Å². The molecular weight excluding hydrogens is 588 g/mol. The van der Waals surface area contributed by atoms with E-state index in [4.69, 9.17) is 4.74 Å². The van der Waals surface area contributed by atoms with Crippen molar-refractivity contribution in [2.24, 2.45) is 0 Å². The van der Waals surface area contributed by atoms with Crippen molar-refractivity contribution in [2.45, 2.75) is 53.3 Å². The van der Waals surface area contributed by atoms with Crippen molar-refractivity contribution in [3.8, 4) is 11.1 Å². The molecule has 0 saturated carbocycles. The van der Waals surface area contributed by atoms with Crippen molar-refractivity contribution in [3.05, 3.63) is 129 Å². The number of hydrogen-bond donors (Lipinski definition) is 1. The minimum Gasteiger partial charge on any atom is -0.456 e. The maximum absolute atomic E-state index is 13.0. The topological polar surface area (TPSA) is 60.3 Å². The van der Waals surface area contributed by atoms with Crippen molar-refractivity contribution in [3.63, 3.8) is 0 Å². The molecule has 1 heterocycles. The summed E-state index contributed by atoms with van der Waals surface area (Å²) in [4.78, 5) is 25.8. The number of aryl methyl sites for hydroxylation is 1. The molecule has 0 bridgehead atoms. The van der Waals surface area contributed by atoms with Gasteiger partial charge in [0.15, 0.2) is 0 Å². The molecule has 0 saturated heterocycles. The number of carbonyl (C=O) groups is 2. The summed E-state index contributed by atoms with van der Waals surface area (Å²) >= 11 is 3.54. The summed E-state index contributed by atoms with van der Waals surface area (Å²) in [6.45, 7) is 11.0. The highest BCUT2D eigenvalue weighted by Gasteiger charge is 2.21. The lowest BCUT2D eigenvalue weighted by Gasteiger charge is -2.20. The molecular formula is C36H35BrN2O3. The Kier molecular flexibility index (Phi) is 8.37. The molecule has 214 valence electrons. The normalized spacial score (nSPS) is 11.5. The van der Waals surface area contributed by atoms with E-state index in [0.717, 1.165) is 48.9 Å². The molecule has 5 aromatic rings. The number of carbonyl (C=O) groups excluding carboxylic acids is 2. The summed E-state index contributed by atoms with van der Waals surface area (Å²) in [6, 6.07) is 29.7. The molecule has 4 aromatic carbocycles. The highest BCUT2D eigenvalue weighted by atomic mass is 79.9. The van der Waals surface area contributed by atoms with Gasteiger partial charge in [0.25, 0.3) is 5.91 Å². The molecule has 0 atom stereocenters. The van der Waals surface area contributed by atoms with Gasteiger partial charge in [-0.15, -0.1) is 0 Å². The van der Waals surface area contributed by atoms with E-state index in [-0.39, 0.29) is 11.9 Å². The lowest BCUT2D eigenvalue weighted by atomic mass is 9.98. The lowest BCUT2D eigenvalue weighted by molar-refractivity contribution is 0.00703. The van der Waals surface area contributed by atoms with Crippen LogP contribution < -0.4 is 5.32 Å². The van der Waals surface area contributed by atoms with Gasteiger partial charge in [0.05, 0.1) is 5.56 Å². The first kappa shape index (κ1) is 29.3. The van der Waals surface area contributed by atoms with Crippen LogP contribution in [0, 0.1) is 13.8 Å². The summed E-state index contributed by atoms with van der Waals surface area (Å²) in [5.74, 6) is -0.423.